The number of carboxylic acid groups (broad SMARTS) is 1. The predicted octanol–water partition coefficient (Wildman–Crippen LogP) is 3.03. The van der Waals surface area contributed by atoms with Crippen molar-refractivity contribution in [2.75, 3.05) is 13.2 Å². The Bertz CT molecular complexity index is 1600. The second-order valence-electron chi connectivity index (χ2n) is 21.4. The molecule has 58 heavy (non-hydrogen) atoms. The average molecular weight is 822 g/mol. The SMILES string of the molecule is CC(=O)N[C@H]1[C@H](O[C@H]2CC[C@]3(C)[C@H]4CC=C5[C@H]6CC(C)(C)CC[C@]6(C(=O)O)CC[C@@]5(C)[C@]4(C)CC[C@H]3C2(C)C)O[C@H](CO)[C@@H](O[C@@H]2O[C@H](CO)[C@H](O)[C@H](O)[C@H]2O)[C@@H]1O. The van der Waals surface area contributed by atoms with Crippen molar-refractivity contribution in [3.63, 3.8) is 0 Å². The first-order valence-electron chi connectivity index (χ1n) is 21.8. The highest BCUT2D eigenvalue weighted by Gasteiger charge is 2.69. The number of aliphatic carboxylic acids is 1. The molecule has 8 N–H and O–H groups in total. The molecule has 1 amide bonds. The molecule has 6 fully saturated rings. The van der Waals surface area contributed by atoms with E-state index in [1.54, 1.807) is 0 Å². The van der Waals surface area contributed by atoms with Crippen LogP contribution in [0, 0.1) is 50.2 Å². The number of amides is 1. The van der Waals surface area contributed by atoms with Gasteiger partial charge in [0.05, 0.1) is 24.7 Å². The molecule has 0 aromatic heterocycles. The molecule has 5 aliphatic carbocycles. The summed E-state index contributed by atoms with van der Waals surface area (Å²) in [5, 5.41) is 76.7. The quantitative estimate of drug-likeness (QED) is 0.130. The maximum absolute atomic E-state index is 13.1. The Morgan fingerprint density at radius 3 is 2.07 bits per heavy atom. The van der Waals surface area contributed by atoms with Crippen molar-refractivity contribution < 1.29 is 64.3 Å². The van der Waals surface area contributed by atoms with Gasteiger partial charge >= 0.3 is 5.97 Å². The molecule has 2 heterocycles. The second-order valence-corrected chi connectivity index (χ2v) is 21.4. The van der Waals surface area contributed by atoms with Gasteiger partial charge in [-0.05, 0) is 109 Å². The summed E-state index contributed by atoms with van der Waals surface area (Å²) in [5.41, 5.74) is 0.267. The minimum atomic E-state index is -1.75. The van der Waals surface area contributed by atoms with Crippen molar-refractivity contribution in [3.8, 4) is 0 Å². The van der Waals surface area contributed by atoms with Crippen LogP contribution in [-0.2, 0) is 28.5 Å². The monoisotopic (exact) mass is 821 g/mol. The summed E-state index contributed by atoms with van der Waals surface area (Å²) >= 11 is 0. The molecule has 4 saturated carbocycles. The summed E-state index contributed by atoms with van der Waals surface area (Å²) in [7, 11) is 0. The van der Waals surface area contributed by atoms with Gasteiger partial charge in [-0.1, -0.05) is 60.1 Å². The molecule has 330 valence electrons. The van der Waals surface area contributed by atoms with Gasteiger partial charge in [-0.2, -0.15) is 0 Å². The Hall–Kier alpha value is -1.72. The standard InChI is InChI=1S/C44H71NO13/c1-22(48)45-30-32(50)35(58-37-34(52)33(51)31(49)25(20-46)55-37)26(21-47)56-36(30)57-29-12-13-41(6)27(40(29,4)5)11-14-43(8)28(41)10-9-23-24-19-39(2,3)15-17-44(24,38(53)54)18-16-42(23,43)7/h9,24-37,46-47,49-52H,10-21H2,1-8H3,(H,45,48)(H,53,54)/t24-,25-,26-,27+,28-,29+,30-,31+,32-,33+,34-,35-,36+,37+,41+,42-,43-,44+/m1/s1. The summed E-state index contributed by atoms with van der Waals surface area (Å²) in [4.78, 5) is 25.6. The lowest BCUT2D eigenvalue weighted by Crippen LogP contribution is -2.69. The van der Waals surface area contributed by atoms with Crippen LogP contribution in [0.1, 0.15) is 120 Å². The van der Waals surface area contributed by atoms with Crippen molar-refractivity contribution in [2.45, 2.75) is 187 Å². The van der Waals surface area contributed by atoms with Crippen LogP contribution in [0.2, 0.25) is 0 Å². The molecule has 18 atom stereocenters. The third-order valence-electron chi connectivity index (χ3n) is 17.7. The first-order chi connectivity index (χ1) is 27.0. The number of hydrogen-bond donors (Lipinski definition) is 8. The molecule has 0 radical (unpaired) electrons. The number of hydrogen-bond acceptors (Lipinski definition) is 12. The molecule has 0 unspecified atom stereocenters. The minimum absolute atomic E-state index is 0.0181. The molecule has 2 saturated heterocycles. The number of aliphatic hydroxyl groups is 6. The molecule has 0 spiro atoms. The molecule has 0 aromatic carbocycles. The molecule has 2 aliphatic heterocycles. The van der Waals surface area contributed by atoms with E-state index in [4.69, 9.17) is 18.9 Å². The highest BCUT2D eigenvalue weighted by Crippen LogP contribution is 2.76. The van der Waals surface area contributed by atoms with Gasteiger partial charge in [-0.15, -0.1) is 0 Å². The zero-order valence-electron chi connectivity index (χ0n) is 35.7. The van der Waals surface area contributed by atoms with E-state index in [0.717, 1.165) is 51.4 Å². The van der Waals surface area contributed by atoms with Crippen LogP contribution in [0.25, 0.3) is 0 Å². The Kier molecular flexibility index (Phi) is 11.7. The molecular formula is C44H71NO13. The van der Waals surface area contributed by atoms with E-state index < -0.39 is 91.9 Å². The minimum Gasteiger partial charge on any atom is -0.481 e. The zero-order valence-corrected chi connectivity index (χ0v) is 35.7. The van der Waals surface area contributed by atoms with Crippen molar-refractivity contribution in [3.05, 3.63) is 11.6 Å². The van der Waals surface area contributed by atoms with Crippen LogP contribution < -0.4 is 5.32 Å². The number of rotatable bonds is 8. The van der Waals surface area contributed by atoms with Crippen LogP contribution in [0.4, 0.5) is 0 Å². The lowest BCUT2D eigenvalue weighted by atomic mass is 9.33. The highest BCUT2D eigenvalue weighted by molar-refractivity contribution is 5.76. The van der Waals surface area contributed by atoms with E-state index in [1.807, 2.05) is 0 Å². The van der Waals surface area contributed by atoms with Crippen molar-refractivity contribution in [1.82, 2.24) is 5.32 Å². The number of carbonyl (C=O) groups excluding carboxylic acids is 1. The number of aliphatic hydroxyl groups excluding tert-OH is 6. The first-order valence-corrected chi connectivity index (χ1v) is 21.8. The molecule has 7 aliphatic rings. The fraction of sp³-hybridized carbons (Fsp3) is 0.909. The molecule has 7 rings (SSSR count). The smallest absolute Gasteiger partial charge is 0.310 e. The number of fused-ring (bicyclic) bond motifs is 7. The number of allylic oxidation sites excluding steroid dienone is 2. The number of ether oxygens (including phenoxy) is 4. The van der Waals surface area contributed by atoms with E-state index in [-0.39, 0.29) is 45.0 Å². The van der Waals surface area contributed by atoms with Crippen molar-refractivity contribution in [1.29, 1.82) is 0 Å². The van der Waals surface area contributed by atoms with Gasteiger partial charge in [0.15, 0.2) is 12.6 Å². The van der Waals surface area contributed by atoms with E-state index in [1.165, 1.54) is 12.5 Å². The van der Waals surface area contributed by atoms with Gasteiger partial charge < -0.3 is 60.0 Å². The number of nitrogens with one attached hydrogen (secondary N) is 1. The van der Waals surface area contributed by atoms with Crippen molar-refractivity contribution >= 4 is 11.9 Å². The van der Waals surface area contributed by atoms with Gasteiger partial charge in [0.25, 0.3) is 0 Å². The van der Waals surface area contributed by atoms with Gasteiger partial charge in [-0.25, -0.2) is 0 Å². The number of carbonyl (C=O) groups is 2. The summed E-state index contributed by atoms with van der Waals surface area (Å²) < 4.78 is 24.6. The van der Waals surface area contributed by atoms with E-state index in [2.05, 4.69) is 59.9 Å². The molecule has 14 nitrogen and oxygen atoms in total. The highest BCUT2D eigenvalue weighted by atomic mass is 16.7. The van der Waals surface area contributed by atoms with Gasteiger partial charge in [-0.3, -0.25) is 9.59 Å². The zero-order chi connectivity index (χ0) is 42.5. The van der Waals surface area contributed by atoms with Crippen LogP contribution >= 0.6 is 0 Å². The van der Waals surface area contributed by atoms with E-state index in [0.29, 0.717) is 18.8 Å². The molecule has 0 aromatic rings. The summed E-state index contributed by atoms with van der Waals surface area (Å²) in [6.07, 6.45) is -2.44. The van der Waals surface area contributed by atoms with Gasteiger partial charge in [0, 0.05) is 6.92 Å². The maximum Gasteiger partial charge on any atom is 0.310 e. The maximum atomic E-state index is 13.1. The normalized spacial score (nSPS) is 50.9. The van der Waals surface area contributed by atoms with E-state index in [9.17, 15) is 45.3 Å². The molecule has 14 heteroatoms. The summed E-state index contributed by atoms with van der Waals surface area (Å²) in [6.45, 7) is 16.5. The predicted molar refractivity (Wildman–Crippen MR) is 210 cm³/mol. The largest absolute Gasteiger partial charge is 0.481 e. The van der Waals surface area contributed by atoms with Gasteiger partial charge in [0.2, 0.25) is 5.91 Å². The Balaban J connectivity index is 1.12. The van der Waals surface area contributed by atoms with E-state index >= 15 is 0 Å². The summed E-state index contributed by atoms with van der Waals surface area (Å²) in [5.74, 6) is -0.411. The van der Waals surface area contributed by atoms with Crippen LogP contribution in [0.3, 0.4) is 0 Å². The molecule has 0 bridgehead atoms. The topological polar surface area (TPSA) is 225 Å². The fourth-order valence-corrected chi connectivity index (χ4v) is 14.1. The van der Waals surface area contributed by atoms with Crippen LogP contribution in [-0.4, -0.2) is 128 Å². The number of carboxylic acids is 1. The molecular weight excluding hydrogens is 750 g/mol. The Morgan fingerprint density at radius 1 is 0.776 bits per heavy atom. The fourth-order valence-electron chi connectivity index (χ4n) is 14.1. The van der Waals surface area contributed by atoms with Crippen molar-refractivity contribution in [2.24, 2.45) is 50.2 Å². The third-order valence-corrected chi connectivity index (χ3v) is 17.7. The lowest BCUT2D eigenvalue weighted by Gasteiger charge is -2.71. The second kappa shape index (κ2) is 15.3. The van der Waals surface area contributed by atoms with Crippen LogP contribution in [0.5, 0.6) is 0 Å². The third kappa shape index (κ3) is 6.73. The Morgan fingerprint density at radius 2 is 1.43 bits per heavy atom. The average Bonchev–Trinajstić information content (AvgIpc) is 3.14. The van der Waals surface area contributed by atoms with Gasteiger partial charge in [0.1, 0.15) is 48.8 Å². The first kappa shape index (κ1) is 44.3. The van der Waals surface area contributed by atoms with Crippen LogP contribution in [0.15, 0.2) is 11.6 Å². The lowest BCUT2D eigenvalue weighted by molar-refractivity contribution is -0.355. The Labute approximate surface area is 343 Å². The summed E-state index contributed by atoms with van der Waals surface area (Å²) in [6, 6.07) is -1.15.